The van der Waals surface area contributed by atoms with E-state index in [4.69, 9.17) is 17.3 Å². The van der Waals surface area contributed by atoms with Gasteiger partial charge in [-0.2, -0.15) is 4.99 Å². The van der Waals surface area contributed by atoms with Gasteiger partial charge in [0.05, 0.1) is 16.9 Å². The molecule has 0 bridgehead atoms. The number of amidine groups is 1. The molecule has 0 radical (unpaired) electrons. The summed E-state index contributed by atoms with van der Waals surface area (Å²) in [5.74, 6) is 0.281. The number of amides is 1. The Morgan fingerprint density at radius 2 is 2.08 bits per heavy atom. The van der Waals surface area contributed by atoms with Crippen molar-refractivity contribution in [2.45, 2.75) is 18.3 Å². The summed E-state index contributed by atoms with van der Waals surface area (Å²) >= 11 is 5.84. The molecule has 1 fully saturated rings. The molecule has 0 spiro atoms. The second-order valence-electron chi connectivity index (χ2n) is 5.37. The number of halogens is 1. The molecular formula is C16H15ClN6O. The summed E-state index contributed by atoms with van der Waals surface area (Å²) in [6, 6.07) is 3.42. The Morgan fingerprint density at radius 3 is 2.75 bits per heavy atom. The molecule has 0 saturated heterocycles. The van der Waals surface area contributed by atoms with Crippen LogP contribution in [-0.4, -0.2) is 26.7 Å². The molecule has 0 unspecified atom stereocenters. The maximum absolute atomic E-state index is 12.4. The van der Waals surface area contributed by atoms with Gasteiger partial charge in [0.15, 0.2) is 0 Å². The SMILES string of the molecule is NC(/C=C\Nc1cncc(Cl)c1)=NC(=O)C1(c2ncccn2)CC1. The molecule has 1 aliphatic rings. The van der Waals surface area contributed by atoms with Crippen LogP contribution in [0.25, 0.3) is 0 Å². The molecule has 8 heteroatoms. The number of nitrogens with one attached hydrogen (secondary N) is 1. The lowest BCUT2D eigenvalue weighted by Crippen LogP contribution is -2.24. The van der Waals surface area contributed by atoms with Crippen molar-refractivity contribution in [1.29, 1.82) is 0 Å². The first-order valence-corrected chi connectivity index (χ1v) is 7.68. The van der Waals surface area contributed by atoms with Gasteiger partial charge >= 0.3 is 0 Å². The molecule has 0 aliphatic heterocycles. The molecule has 3 N–H and O–H groups in total. The Kier molecular flexibility index (Phi) is 4.52. The Labute approximate surface area is 143 Å². The van der Waals surface area contributed by atoms with Crippen molar-refractivity contribution >= 4 is 29.0 Å². The van der Waals surface area contributed by atoms with Gasteiger partial charge in [0.1, 0.15) is 17.1 Å². The monoisotopic (exact) mass is 342 g/mol. The molecule has 0 atom stereocenters. The van der Waals surface area contributed by atoms with Crippen LogP contribution in [0.4, 0.5) is 5.69 Å². The van der Waals surface area contributed by atoms with Gasteiger partial charge in [-0.3, -0.25) is 9.78 Å². The summed E-state index contributed by atoms with van der Waals surface area (Å²) in [6.45, 7) is 0. The number of nitrogens with two attached hydrogens (primary N) is 1. The van der Waals surface area contributed by atoms with E-state index < -0.39 is 5.41 Å². The highest BCUT2D eigenvalue weighted by atomic mass is 35.5. The molecule has 24 heavy (non-hydrogen) atoms. The van der Waals surface area contributed by atoms with E-state index in [-0.39, 0.29) is 11.7 Å². The van der Waals surface area contributed by atoms with Crippen LogP contribution < -0.4 is 11.1 Å². The molecule has 2 aromatic heterocycles. The average Bonchev–Trinajstić information content (AvgIpc) is 3.38. The standard InChI is InChI=1S/C16H15ClN6O/c17-11-8-12(10-19-9-11)20-7-2-13(18)23-15(24)16(3-4-16)14-21-5-1-6-22-14/h1-2,5-10,20H,3-4H2,(H2,18,23,24)/b7-2-. The van der Waals surface area contributed by atoms with Gasteiger partial charge in [-0.05, 0) is 31.1 Å². The van der Waals surface area contributed by atoms with E-state index in [9.17, 15) is 4.79 Å². The molecule has 1 saturated carbocycles. The number of anilines is 1. The van der Waals surface area contributed by atoms with Crippen LogP contribution in [-0.2, 0) is 10.2 Å². The fraction of sp³-hybridized carbons (Fsp3) is 0.188. The first kappa shape index (κ1) is 16.1. The minimum absolute atomic E-state index is 0.102. The molecule has 122 valence electrons. The average molecular weight is 343 g/mol. The van der Waals surface area contributed by atoms with Crippen LogP contribution in [0.2, 0.25) is 5.02 Å². The number of hydrogen-bond donors (Lipinski definition) is 2. The van der Waals surface area contributed by atoms with Gasteiger partial charge < -0.3 is 11.1 Å². The molecule has 7 nitrogen and oxygen atoms in total. The van der Waals surface area contributed by atoms with Crippen molar-refractivity contribution < 1.29 is 4.79 Å². The number of carbonyl (C=O) groups excluding carboxylic acids is 1. The first-order valence-electron chi connectivity index (χ1n) is 7.30. The highest BCUT2D eigenvalue weighted by Crippen LogP contribution is 2.47. The van der Waals surface area contributed by atoms with E-state index in [0.29, 0.717) is 29.4 Å². The van der Waals surface area contributed by atoms with Crippen molar-refractivity contribution in [3.8, 4) is 0 Å². The van der Waals surface area contributed by atoms with Gasteiger partial charge in [-0.25, -0.2) is 9.97 Å². The zero-order valence-corrected chi connectivity index (χ0v) is 13.4. The van der Waals surface area contributed by atoms with Gasteiger partial charge in [0.25, 0.3) is 5.91 Å². The fourth-order valence-electron chi connectivity index (χ4n) is 2.18. The smallest absolute Gasteiger partial charge is 0.261 e. The summed E-state index contributed by atoms with van der Waals surface area (Å²) in [5, 5.41) is 3.47. The van der Waals surface area contributed by atoms with E-state index in [2.05, 4.69) is 25.3 Å². The Hall–Kier alpha value is -2.80. The lowest BCUT2D eigenvalue weighted by atomic mass is 10.1. The number of hydrogen-bond acceptors (Lipinski definition) is 5. The molecule has 1 amide bonds. The van der Waals surface area contributed by atoms with Crippen LogP contribution in [0.15, 0.2) is 54.2 Å². The summed E-state index contributed by atoms with van der Waals surface area (Å²) < 4.78 is 0. The predicted octanol–water partition coefficient (Wildman–Crippen LogP) is 2.07. The highest BCUT2D eigenvalue weighted by Gasteiger charge is 2.54. The lowest BCUT2D eigenvalue weighted by Gasteiger charge is -2.08. The fourth-order valence-corrected chi connectivity index (χ4v) is 2.35. The number of pyridine rings is 1. The Balaban J connectivity index is 1.65. The third-order valence-corrected chi connectivity index (χ3v) is 3.80. The third kappa shape index (κ3) is 3.57. The Bertz CT molecular complexity index is 801. The van der Waals surface area contributed by atoms with E-state index in [0.717, 1.165) is 0 Å². The molecule has 2 aromatic rings. The number of nitrogens with zero attached hydrogens (tertiary/aromatic N) is 4. The normalized spacial score (nSPS) is 16.1. The second kappa shape index (κ2) is 6.76. The van der Waals surface area contributed by atoms with E-state index in [1.165, 1.54) is 12.3 Å². The van der Waals surface area contributed by atoms with Gasteiger partial charge in [-0.1, -0.05) is 11.6 Å². The summed E-state index contributed by atoms with van der Waals surface area (Å²) in [5.41, 5.74) is 5.78. The van der Waals surface area contributed by atoms with Gasteiger partial charge in [0.2, 0.25) is 0 Å². The van der Waals surface area contributed by atoms with Crippen LogP contribution in [0, 0.1) is 0 Å². The van der Waals surface area contributed by atoms with Crippen molar-refractivity contribution in [3.63, 3.8) is 0 Å². The highest BCUT2D eigenvalue weighted by molar-refractivity contribution is 6.30. The quantitative estimate of drug-likeness (QED) is 0.636. The van der Waals surface area contributed by atoms with Crippen LogP contribution in [0.1, 0.15) is 18.7 Å². The molecule has 3 rings (SSSR count). The number of rotatable bonds is 5. The molecule has 1 aliphatic carbocycles. The Morgan fingerprint density at radius 1 is 1.33 bits per heavy atom. The lowest BCUT2D eigenvalue weighted by molar-refractivity contribution is -0.120. The molecule has 2 heterocycles. The molecule has 0 aromatic carbocycles. The zero-order valence-electron chi connectivity index (χ0n) is 12.7. The van der Waals surface area contributed by atoms with Crippen LogP contribution >= 0.6 is 11.6 Å². The number of carbonyl (C=O) groups is 1. The van der Waals surface area contributed by atoms with Crippen LogP contribution in [0.3, 0.4) is 0 Å². The number of aliphatic imine (C=N–C) groups is 1. The minimum atomic E-state index is -0.718. The maximum Gasteiger partial charge on any atom is 0.261 e. The van der Waals surface area contributed by atoms with Crippen molar-refractivity contribution in [2.24, 2.45) is 10.7 Å². The minimum Gasteiger partial charge on any atom is -0.384 e. The van der Waals surface area contributed by atoms with E-state index in [1.807, 2.05) is 0 Å². The van der Waals surface area contributed by atoms with Gasteiger partial charge in [-0.15, -0.1) is 0 Å². The third-order valence-electron chi connectivity index (χ3n) is 3.59. The van der Waals surface area contributed by atoms with Gasteiger partial charge in [0, 0.05) is 24.8 Å². The van der Waals surface area contributed by atoms with E-state index in [1.54, 1.807) is 36.9 Å². The van der Waals surface area contributed by atoms with Crippen LogP contribution in [0.5, 0.6) is 0 Å². The van der Waals surface area contributed by atoms with Crippen molar-refractivity contribution in [3.05, 3.63) is 60.0 Å². The zero-order chi connectivity index (χ0) is 17.0. The van der Waals surface area contributed by atoms with E-state index >= 15 is 0 Å². The van der Waals surface area contributed by atoms with Crippen molar-refractivity contribution in [2.75, 3.05) is 5.32 Å². The maximum atomic E-state index is 12.4. The second-order valence-corrected chi connectivity index (χ2v) is 5.80. The predicted molar refractivity (Wildman–Crippen MR) is 91.6 cm³/mol. The van der Waals surface area contributed by atoms with Crippen molar-refractivity contribution in [1.82, 2.24) is 15.0 Å². The summed E-state index contributed by atoms with van der Waals surface area (Å²) in [6.07, 6.45) is 10.8. The largest absolute Gasteiger partial charge is 0.384 e. The number of aromatic nitrogens is 3. The topological polar surface area (TPSA) is 106 Å². The summed E-state index contributed by atoms with van der Waals surface area (Å²) in [4.78, 5) is 28.6. The summed E-state index contributed by atoms with van der Waals surface area (Å²) in [7, 11) is 0. The molecular weight excluding hydrogens is 328 g/mol. The first-order chi connectivity index (χ1) is 11.6.